The van der Waals surface area contributed by atoms with E-state index in [-0.39, 0.29) is 17.6 Å². The molecular weight excluding hydrogens is 348 g/mol. The van der Waals surface area contributed by atoms with Crippen molar-refractivity contribution in [1.82, 2.24) is 15.1 Å². The number of hydrogen-bond acceptors (Lipinski definition) is 7. The first kappa shape index (κ1) is 18.1. The number of amides is 2. The molecule has 126 valence electrons. The Morgan fingerprint density at radius 1 is 1.21 bits per heavy atom. The summed E-state index contributed by atoms with van der Waals surface area (Å²) in [5.74, 6) is -0.514. The van der Waals surface area contributed by atoms with Gasteiger partial charge in [-0.2, -0.15) is 0 Å². The van der Waals surface area contributed by atoms with Gasteiger partial charge in [-0.05, 0) is 30.5 Å². The lowest BCUT2D eigenvalue weighted by Crippen LogP contribution is -2.35. The van der Waals surface area contributed by atoms with Gasteiger partial charge in [-0.1, -0.05) is 17.8 Å². The molecule has 0 aliphatic rings. The van der Waals surface area contributed by atoms with Crippen LogP contribution in [-0.2, 0) is 9.59 Å². The van der Waals surface area contributed by atoms with Crippen molar-refractivity contribution in [2.24, 2.45) is 0 Å². The highest BCUT2D eigenvalue weighted by atomic mass is 32.2. The molecule has 0 spiro atoms. The summed E-state index contributed by atoms with van der Waals surface area (Å²) in [6.07, 6.45) is 0. The van der Waals surface area contributed by atoms with Crippen LogP contribution in [0.1, 0.15) is 16.6 Å². The topological polar surface area (TPSA) is 92.3 Å². The second-order valence-electron chi connectivity index (χ2n) is 5.03. The van der Waals surface area contributed by atoms with E-state index in [4.69, 9.17) is 0 Å². The van der Waals surface area contributed by atoms with Crippen LogP contribution in [0.2, 0.25) is 0 Å². The highest BCUT2D eigenvalue weighted by Gasteiger charge is 2.26. The summed E-state index contributed by atoms with van der Waals surface area (Å²) in [7, 11) is 3.18. The summed E-state index contributed by atoms with van der Waals surface area (Å²) in [6, 6.07) is 6.69. The predicted molar refractivity (Wildman–Crippen MR) is 93.3 cm³/mol. The second kappa shape index (κ2) is 8.02. The fraction of sp³-hybridized carbons (Fsp3) is 0.267. The molecule has 9 heteroatoms. The molecule has 2 aromatic rings. The first-order valence-electron chi connectivity index (χ1n) is 6.95. The van der Waals surface area contributed by atoms with Gasteiger partial charge in [0.1, 0.15) is 10.3 Å². The Morgan fingerprint density at radius 2 is 1.96 bits per heavy atom. The van der Waals surface area contributed by atoms with Crippen LogP contribution in [0.25, 0.3) is 0 Å². The summed E-state index contributed by atoms with van der Waals surface area (Å²) in [6.45, 7) is 1.36. The van der Waals surface area contributed by atoms with Gasteiger partial charge in [0, 0.05) is 14.1 Å². The molecule has 0 aromatic carbocycles. The predicted octanol–water partition coefficient (Wildman–Crippen LogP) is 1.93. The lowest BCUT2D eigenvalue weighted by molar-refractivity contribution is -0.132. The van der Waals surface area contributed by atoms with Crippen LogP contribution < -0.4 is 5.32 Å². The molecule has 0 radical (unpaired) electrons. The Bertz CT molecular complexity index is 730. The summed E-state index contributed by atoms with van der Waals surface area (Å²) in [5, 5.41) is 11.9. The first-order chi connectivity index (χ1) is 11.4. The molecule has 2 aromatic heterocycles. The Labute approximate surface area is 147 Å². The number of rotatable bonds is 6. The van der Waals surface area contributed by atoms with Gasteiger partial charge in [-0.15, -0.1) is 21.5 Å². The maximum atomic E-state index is 12.0. The number of nitrogens with zero attached hydrogens (tertiary/aromatic N) is 3. The van der Waals surface area contributed by atoms with E-state index in [0.29, 0.717) is 15.7 Å². The lowest BCUT2D eigenvalue weighted by atomic mass is 10.3. The Balaban J connectivity index is 2.04. The van der Waals surface area contributed by atoms with E-state index in [9.17, 15) is 14.4 Å². The normalized spacial score (nSPS) is 11.6. The number of anilines is 1. The van der Waals surface area contributed by atoms with Crippen LogP contribution >= 0.6 is 23.1 Å². The average molecular weight is 364 g/mol. The van der Waals surface area contributed by atoms with Gasteiger partial charge in [0.05, 0.1) is 4.88 Å². The van der Waals surface area contributed by atoms with E-state index in [0.717, 1.165) is 11.8 Å². The zero-order chi connectivity index (χ0) is 17.7. The molecule has 0 fully saturated rings. The second-order valence-corrected chi connectivity index (χ2v) is 7.10. The van der Waals surface area contributed by atoms with E-state index in [1.54, 1.807) is 38.4 Å². The number of thiophene rings is 1. The molecule has 0 bridgehead atoms. The molecule has 0 saturated carbocycles. The van der Waals surface area contributed by atoms with Crippen LogP contribution in [0.3, 0.4) is 0 Å². The molecule has 2 heterocycles. The van der Waals surface area contributed by atoms with Gasteiger partial charge in [0.25, 0.3) is 5.91 Å². The molecule has 1 unspecified atom stereocenters. The van der Waals surface area contributed by atoms with Gasteiger partial charge in [-0.3, -0.25) is 14.4 Å². The summed E-state index contributed by atoms with van der Waals surface area (Å²) in [4.78, 5) is 37.5. The fourth-order valence-electron chi connectivity index (χ4n) is 1.70. The van der Waals surface area contributed by atoms with Crippen molar-refractivity contribution < 1.29 is 14.4 Å². The Kier molecular flexibility index (Phi) is 6.04. The largest absolute Gasteiger partial charge is 0.347 e. The minimum absolute atomic E-state index is 0.254. The minimum atomic E-state index is -0.860. The Morgan fingerprint density at radius 3 is 2.46 bits per heavy atom. The van der Waals surface area contributed by atoms with Crippen molar-refractivity contribution in [3.05, 3.63) is 34.5 Å². The fourth-order valence-corrected chi connectivity index (χ4v) is 3.27. The Hall–Kier alpha value is -2.26. The molecule has 0 saturated heterocycles. The van der Waals surface area contributed by atoms with Gasteiger partial charge >= 0.3 is 0 Å². The van der Waals surface area contributed by atoms with Crippen molar-refractivity contribution >= 4 is 46.5 Å². The zero-order valence-electron chi connectivity index (χ0n) is 13.3. The maximum absolute atomic E-state index is 12.0. The van der Waals surface area contributed by atoms with Crippen molar-refractivity contribution in [2.45, 2.75) is 17.2 Å². The molecule has 24 heavy (non-hydrogen) atoms. The van der Waals surface area contributed by atoms with Gasteiger partial charge < -0.3 is 10.2 Å². The third-order valence-corrected chi connectivity index (χ3v) is 5.00. The highest BCUT2D eigenvalue weighted by Crippen LogP contribution is 2.23. The first-order valence-corrected chi connectivity index (χ1v) is 8.71. The maximum Gasteiger partial charge on any atom is 0.266 e. The lowest BCUT2D eigenvalue weighted by Gasteiger charge is -2.17. The molecule has 0 aliphatic heterocycles. The van der Waals surface area contributed by atoms with Crippen molar-refractivity contribution in [2.75, 3.05) is 19.4 Å². The van der Waals surface area contributed by atoms with E-state index >= 15 is 0 Å². The van der Waals surface area contributed by atoms with E-state index in [2.05, 4.69) is 15.5 Å². The zero-order valence-corrected chi connectivity index (χ0v) is 15.0. The number of carbonyl (C=O) groups is 3. The van der Waals surface area contributed by atoms with Gasteiger partial charge in [0.15, 0.2) is 11.6 Å². The molecule has 7 nitrogen and oxygen atoms in total. The molecule has 1 N–H and O–H groups in total. The quantitative estimate of drug-likeness (QED) is 0.622. The third kappa shape index (κ3) is 4.62. The number of carbonyl (C=O) groups excluding carboxylic acids is 3. The van der Waals surface area contributed by atoms with Crippen molar-refractivity contribution in [3.8, 4) is 0 Å². The highest BCUT2D eigenvalue weighted by molar-refractivity contribution is 8.01. The van der Waals surface area contributed by atoms with Crippen LogP contribution in [0.15, 0.2) is 34.7 Å². The standard InChI is InChI=1S/C15H16N4O3S2/c1-9(20)13(15(22)19(2)3)24-12-7-6-11(17-18-12)16-14(21)10-5-4-8-23-10/h4-8,13H,1-3H3,(H,16,17,21). The average Bonchev–Trinajstić information content (AvgIpc) is 3.07. The van der Waals surface area contributed by atoms with Crippen LogP contribution in [0, 0.1) is 0 Å². The molecule has 0 aliphatic carbocycles. The van der Waals surface area contributed by atoms with E-state index < -0.39 is 5.25 Å². The minimum Gasteiger partial charge on any atom is -0.347 e. The monoisotopic (exact) mass is 364 g/mol. The molecule has 2 rings (SSSR count). The van der Waals surface area contributed by atoms with Gasteiger partial charge in [0.2, 0.25) is 5.91 Å². The number of aromatic nitrogens is 2. The number of thioether (sulfide) groups is 1. The van der Waals surface area contributed by atoms with Crippen LogP contribution in [0.5, 0.6) is 0 Å². The van der Waals surface area contributed by atoms with Crippen LogP contribution in [0.4, 0.5) is 5.82 Å². The summed E-state index contributed by atoms with van der Waals surface area (Å²) < 4.78 is 0. The molecule has 1 atom stereocenters. The molecular formula is C15H16N4O3S2. The van der Waals surface area contributed by atoms with Crippen molar-refractivity contribution in [1.29, 1.82) is 0 Å². The summed E-state index contributed by atoms with van der Waals surface area (Å²) >= 11 is 2.36. The van der Waals surface area contributed by atoms with E-state index in [1.807, 2.05) is 5.38 Å². The summed E-state index contributed by atoms with van der Waals surface area (Å²) in [5.41, 5.74) is 0. The third-order valence-electron chi connectivity index (χ3n) is 2.90. The van der Waals surface area contributed by atoms with Crippen LogP contribution in [-0.4, -0.2) is 52.0 Å². The number of ketones is 1. The number of hydrogen-bond donors (Lipinski definition) is 1. The van der Waals surface area contributed by atoms with E-state index in [1.165, 1.54) is 23.2 Å². The number of nitrogens with one attached hydrogen (secondary N) is 1. The van der Waals surface area contributed by atoms with Crippen molar-refractivity contribution in [3.63, 3.8) is 0 Å². The molecule has 2 amide bonds. The SMILES string of the molecule is CC(=O)C(Sc1ccc(NC(=O)c2cccs2)nn1)C(=O)N(C)C. The van der Waals surface area contributed by atoms with Gasteiger partial charge in [-0.25, -0.2) is 0 Å². The smallest absolute Gasteiger partial charge is 0.266 e. The number of Topliss-reactive ketones (excluding diaryl/α,β-unsaturated/α-hetero) is 1.